The van der Waals surface area contributed by atoms with Crippen LogP contribution in [0.5, 0.6) is 0 Å². The minimum absolute atomic E-state index is 0.513. The van der Waals surface area contributed by atoms with E-state index < -0.39 is 0 Å². The van der Waals surface area contributed by atoms with E-state index in [1.165, 1.54) is 0 Å². The molecule has 1 N–H and O–H groups in total. The van der Waals surface area contributed by atoms with Crippen LogP contribution in [0.4, 0.5) is 5.69 Å². The number of rotatable bonds is 4. The minimum Gasteiger partial charge on any atom is -0.260 e. The number of benzene rings is 3. The summed E-state index contributed by atoms with van der Waals surface area (Å²) in [6.45, 7) is 2.03. The van der Waals surface area contributed by atoms with Gasteiger partial charge in [0.2, 0.25) is 0 Å². The maximum absolute atomic E-state index is 6.23. The predicted molar refractivity (Wildman–Crippen MR) is 137 cm³/mol. The van der Waals surface area contributed by atoms with Crippen LogP contribution >= 0.6 is 43.5 Å². The molecule has 0 aliphatic rings. The van der Waals surface area contributed by atoms with E-state index in [0.29, 0.717) is 16.6 Å². The van der Waals surface area contributed by atoms with E-state index in [4.69, 9.17) is 21.6 Å². The maximum Gasteiger partial charge on any atom is 0.173 e. The zero-order chi connectivity index (χ0) is 21.8. The molecule has 0 saturated heterocycles. The first kappa shape index (κ1) is 21.7. The molecule has 4 rings (SSSR count). The molecule has 0 spiro atoms. The summed E-state index contributed by atoms with van der Waals surface area (Å²) in [6.07, 6.45) is 1.66. The van der Waals surface area contributed by atoms with E-state index in [1.54, 1.807) is 6.21 Å². The van der Waals surface area contributed by atoms with E-state index in [2.05, 4.69) is 42.4 Å². The van der Waals surface area contributed by atoms with Crippen LogP contribution in [0, 0.1) is 6.92 Å². The normalized spacial score (nSPS) is 11.9. The maximum atomic E-state index is 6.23. The summed E-state index contributed by atoms with van der Waals surface area (Å²) in [5, 5.41) is 6.05. The van der Waals surface area contributed by atoms with Crippen molar-refractivity contribution < 1.29 is 0 Å². The molecule has 0 bridgehead atoms. The fourth-order valence-corrected chi connectivity index (χ4v) is 4.77. The summed E-state index contributed by atoms with van der Waals surface area (Å²) >= 11 is 13.5. The number of para-hydroxylation sites is 1. The van der Waals surface area contributed by atoms with Crippen LogP contribution < -0.4 is 5.43 Å². The van der Waals surface area contributed by atoms with Gasteiger partial charge in [-0.2, -0.15) is 5.10 Å². The average Bonchev–Trinajstić information content (AvgIpc) is 2.76. The third-order valence-electron chi connectivity index (χ3n) is 4.51. The number of fused-ring (bicyclic) bond motifs is 1. The number of nitrogens with zero attached hydrogens (tertiary/aromatic N) is 3. The zero-order valence-electron chi connectivity index (χ0n) is 16.5. The smallest absolute Gasteiger partial charge is 0.173 e. The van der Waals surface area contributed by atoms with Crippen molar-refractivity contribution in [3.8, 4) is 0 Å². The van der Waals surface area contributed by atoms with Crippen molar-refractivity contribution in [3.05, 3.63) is 104 Å². The fourth-order valence-electron chi connectivity index (χ4n) is 2.99. The van der Waals surface area contributed by atoms with Gasteiger partial charge in [-0.3, -0.25) is 5.43 Å². The number of hydrogen-bond acceptors (Lipinski definition) is 3. The molecule has 4 nitrogen and oxygen atoms in total. The van der Waals surface area contributed by atoms with Crippen LogP contribution in [0.2, 0.25) is 5.02 Å². The number of hydrogen-bond donors (Lipinski definition) is 1. The number of aliphatic imine (C=N–C) groups is 1. The molecule has 0 aliphatic heterocycles. The molecule has 7 heteroatoms. The first-order valence-corrected chi connectivity index (χ1v) is 11.4. The highest BCUT2D eigenvalue weighted by atomic mass is 79.9. The lowest BCUT2D eigenvalue weighted by Crippen LogP contribution is -2.20. The van der Waals surface area contributed by atoms with Gasteiger partial charge in [0, 0.05) is 24.9 Å². The topological polar surface area (TPSA) is 49.6 Å². The van der Waals surface area contributed by atoms with E-state index in [9.17, 15) is 0 Å². The Morgan fingerprint density at radius 2 is 1.68 bits per heavy atom. The van der Waals surface area contributed by atoms with E-state index in [1.807, 2.05) is 79.7 Å². The number of halogens is 3. The lowest BCUT2D eigenvalue weighted by molar-refractivity contribution is 1.02. The van der Waals surface area contributed by atoms with Crippen LogP contribution in [-0.2, 0) is 0 Å². The zero-order valence-corrected chi connectivity index (χ0v) is 20.4. The van der Waals surface area contributed by atoms with Gasteiger partial charge in [-0.15, -0.1) is 0 Å². The molecule has 1 heterocycles. The van der Waals surface area contributed by atoms with Gasteiger partial charge in [0.15, 0.2) is 5.84 Å². The van der Waals surface area contributed by atoms with Crippen LogP contribution in [0.1, 0.15) is 16.8 Å². The minimum atomic E-state index is 0.513. The van der Waals surface area contributed by atoms with E-state index >= 15 is 0 Å². The Balaban J connectivity index is 1.77. The molecule has 0 amide bonds. The molecule has 0 unspecified atom stereocenters. The monoisotopic (exact) mass is 554 g/mol. The summed E-state index contributed by atoms with van der Waals surface area (Å²) < 4.78 is 1.74. The predicted octanol–water partition coefficient (Wildman–Crippen LogP) is 7.42. The van der Waals surface area contributed by atoms with E-state index in [-0.39, 0.29) is 0 Å². The molecule has 3 aromatic carbocycles. The first-order chi connectivity index (χ1) is 15.0. The summed E-state index contributed by atoms with van der Waals surface area (Å²) in [7, 11) is 0. The quantitative estimate of drug-likeness (QED) is 0.162. The highest BCUT2D eigenvalue weighted by Gasteiger charge is 2.11. The average molecular weight is 557 g/mol. The molecule has 0 fully saturated rings. The third kappa shape index (κ3) is 5.21. The van der Waals surface area contributed by atoms with Gasteiger partial charge in [0.25, 0.3) is 0 Å². The summed E-state index contributed by atoms with van der Waals surface area (Å²) in [5.74, 6) is 0.513. The van der Waals surface area contributed by atoms with Crippen molar-refractivity contribution >= 4 is 72.1 Å². The molecule has 0 saturated carbocycles. The number of pyridine rings is 1. The number of aryl methyl sites for hydroxylation is 1. The summed E-state index contributed by atoms with van der Waals surface area (Å²) in [5.41, 5.74) is 7.28. The van der Waals surface area contributed by atoms with Gasteiger partial charge in [-0.25, -0.2) is 9.98 Å². The first-order valence-electron chi connectivity index (χ1n) is 9.45. The van der Waals surface area contributed by atoms with Gasteiger partial charge in [0.1, 0.15) is 5.69 Å². The Bertz CT molecular complexity index is 1290. The Labute approximate surface area is 202 Å². The summed E-state index contributed by atoms with van der Waals surface area (Å²) in [4.78, 5) is 9.60. The molecule has 0 atom stereocenters. The molecule has 154 valence electrons. The summed E-state index contributed by atoms with van der Waals surface area (Å²) in [6, 6.07) is 23.4. The van der Waals surface area contributed by atoms with Crippen molar-refractivity contribution in [1.82, 2.24) is 10.4 Å². The largest absolute Gasteiger partial charge is 0.260 e. The molecular formula is C24H17Br2ClN4. The fraction of sp³-hybridized carbons (Fsp3) is 0.0417. The highest BCUT2D eigenvalue weighted by Crippen LogP contribution is 2.35. The van der Waals surface area contributed by atoms with Crippen molar-refractivity contribution in [2.24, 2.45) is 10.1 Å². The van der Waals surface area contributed by atoms with Crippen molar-refractivity contribution in [2.45, 2.75) is 6.92 Å². The van der Waals surface area contributed by atoms with Crippen LogP contribution in [-0.4, -0.2) is 17.0 Å². The third-order valence-corrected chi connectivity index (χ3v) is 6.06. The van der Waals surface area contributed by atoms with Gasteiger partial charge in [0.05, 0.1) is 17.4 Å². The molecule has 0 radical (unpaired) electrons. The lowest BCUT2D eigenvalue weighted by atomic mass is 10.2. The number of amidine groups is 1. The second-order valence-corrected chi connectivity index (χ2v) is 8.93. The Hall–Kier alpha value is -2.54. The van der Waals surface area contributed by atoms with Crippen LogP contribution in [0.25, 0.3) is 10.9 Å². The second-order valence-electron chi connectivity index (χ2n) is 6.82. The van der Waals surface area contributed by atoms with Gasteiger partial charge in [-0.1, -0.05) is 54.1 Å². The van der Waals surface area contributed by atoms with Crippen LogP contribution in [0.15, 0.2) is 91.8 Å². The van der Waals surface area contributed by atoms with Gasteiger partial charge >= 0.3 is 0 Å². The van der Waals surface area contributed by atoms with E-state index in [0.717, 1.165) is 36.7 Å². The van der Waals surface area contributed by atoms with Crippen LogP contribution in [0.3, 0.4) is 0 Å². The molecular weight excluding hydrogens is 540 g/mol. The number of hydrazone groups is 1. The Morgan fingerprint density at radius 1 is 0.968 bits per heavy atom. The SMILES string of the molecule is Cc1cc(Br)c(N=C(NN=Cc2ccccc2Cl)c2ccc3ccccc3n2)c(Br)c1. The molecule has 0 aliphatic carbocycles. The Kier molecular flexibility index (Phi) is 6.80. The number of aromatic nitrogens is 1. The second kappa shape index (κ2) is 9.73. The van der Waals surface area contributed by atoms with Crippen molar-refractivity contribution in [3.63, 3.8) is 0 Å². The van der Waals surface area contributed by atoms with Crippen molar-refractivity contribution in [2.75, 3.05) is 0 Å². The molecule has 1 aromatic heterocycles. The molecule has 4 aromatic rings. The Morgan fingerprint density at radius 3 is 2.45 bits per heavy atom. The highest BCUT2D eigenvalue weighted by molar-refractivity contribution is 9.11. The molecule has 31 heavy (non-hydrogen) atoms. The van der Waals surface area contributed by atoms with Gasteiger partial charge in [-0.05, 0) is 74.7 Å². The van der Waals surface area contributed by atoms with Crippen molar-refractivity contribution in [1.29, 1.82) is 0 Å². The number of nitrogens with one attached hydrogen (secondary N) is 1. The lowest BCUT2D eigenvalue weighted by Gasteiger charge is -2.10. The van der Waals surface area contributed by atoms with Gasteiger partial charge < -0.3 is 0 Å². The standard InChI is InChI=1S/C24H17Br2ClN4/c1-15-12-18(25)23(19(26)13-15)30-24(31-28-14-17-7-2-4-8-20(17)27)22-11-10-16-6-3-5-9-21(16)29-22/h2-14H,1H3,(H,30,31).